The lowest BCUT2D eigenvalue weighted by molar-refractivity contribution is 0.119. The molecule has 2 atom stereocenters. The van der Waals surface area contributed by atoms with Gasteiger partial charge in [-0.05, 0) is 37.4 Å². The molecule has 3 rings (SSSR count). The van der Waals surface area contributed by atoms with Crippen molar-refractivity contribution in [1.82, 2.24) is 9.47 Å². The number of rotatable bonds is 7. The van der Waals surface area contributed by atoms with Gasteiger partial charge < -0.3 is 9.47 Å². The Hall–Kier alpha value is -0.670. The average molecular weight is 319 g/mol. The first-order chi connectivity index (χ1) is 10.8. The number of pyridine rings is 1. The van der Waals surface area contributed by atoms with E-state index in [1.165, 1.54) is 70.3 Å². The highest BCUT2D eigenvalue weighted by atomic mass is 32.1. The molecular formula is C19H30N2S. The fraction of sp³-hybridized carbons (Fsp3) is 0.737. The molecule has 122 valence electrons. The van der Waals surface area contributed by atoms with Gasteiger partial charge in [-0.3, -0.25) is 0 Å². The fourth-order valence-corrected chi connectivity index (χ4v) is 4.55. The van der Waals surface area contributed by atoms with Crippen LogP contribution in [0.5, 0.6) is 0 Å². The molecule has 0 unspecified atom stereocenters. The molecule has 0 amide bonds. The Bertz CT molecular complexity index is 536. The summed E-state index contributed by atoms with van der Waals surface area (Å²) >= 11 is 5.52. The Kier molecular flexibility index (Phi) is 5.70. The maximum Gasteiger partial charge on any atom is 0.106 e. The van der Waals surface area contributed by atoms with E-state index in [2.05, 4.69) is 34.6 Å². The first-order valence-corrected chi connectivity index (χ1v) is 9.61. The van der Waals surface area contributed by atoms with Gasteiger partial charge in [-0.1, -0.05) is 57.3 Å². The molecule has 2 nitrogen and oxygen atoms in total. The van der Waals surface area contributed by atoms with Crippen molar-refractivity contribution in [2.45, 2.75) is 64.3 Å². The molecule has 0 saturated carbocycles. The minimum absolute atomic E-state index is 0.704. The SMILES string of the molecule is CCCCCCCCN1C[C@@H]2C[C@H](C1)c1cccc(=S)n1C2. The summed E-state index contributed by atoms with van der Waals surface area (Å²) in [6, 6.07) is 6.51. The van der Waals surface area contributed by atoms with Crippen LogP contribution >= 0.6 is 12.2 Å². The number of nitrogens with zero attached hydrogens (tertiary/aromatic N) is 2. The third-order valence-corrected chi connectivity index (χ3v) is 5.74. The van der Waals surface area contributed by atoms with Gasteiger partial charge >= 0.3 is 0 Å². The van der Waals surface area contributed by atoms with Crippen LogP contribution in [0.25, 0.3) is 0 Å². The zero-order chi connectivity index (χ0) is 15.4. The number of hydrogen-bond donors (Lipinski definition) is 0. The summed E-state index contributed by atoms with van der Waals surface area (Å²) in [5.41, 5.74) is 1.48. The van der Waals surface area contributed by atoms with Crippen LogP contribution in [-0.2, 0) is 6.54 Å². The van der Waals surface area contributed by atoms with Crippen LogP contribution in [0, 0.1) is 10.6 Å². The van der Waals surface area contributed by atoms with Gasteiger partial charge in [0.2, 0.25) is 0 Å². The Morgan fingerprint density at radius 1 is 1.05 bits per heavy atom. The monoisotopic (exact) mass is 318 g/mol. The minimum Gasteiger partial charge on any atom is -0.336 e. The van der Waals surface area contributed by atoms with Crippen molar-refractivity contribution in [2.24, 2.45) is 5.92 Å². The molecule has 0 spiro atoms. The standard InChI is InChI=1S/C19H30N2S/c1-2-3-4-5-6-7-11-20-13-16-12-17(15-20)18-9-8-10-19(22)21(18)14-16/h8-10,16-17H,2-7,11-15H2,1H3/t16-,17+/m0/s1. The van der Waals surface area contributed by atoms with Crippen molar-refractivity contribution < 1.29 is 0 Å². The van der Waals surface area contributed by atoms with Crippen LogP contribution in [0.1, 0.15) is 63.5 Å². The number of likely N-dealkylation sites (tertiary alicyclic amines) is 1. The largest absolute Gasteiger partial charge is 0.336 e. The molecule has 1 saturated heterocycles. The van der Waals surface area contributed by atoms with Crippen LogP contribution in [0.3, 0.4) is 0 Å². The summed E-state index contributed by atoms with van der Waals surface area (Å²) in [5.74, 6) is 1.51. The second-order valence-electron chi connectivity index (χ2n) is 7.23. The molecule has 1 fully saturated rings. The molecule has 2 bridgehead atoms. The Labute approximate surface area is 140 Å². The number of fused-ring (bicyclic) bond motifs is 4. The van der Waals surface area contributed by atoms with E-state index in [9.17, 15) is 0 Å². The van der Waals surface area contributed by atoms with Crippen LogP contribution in [0.4, 0.5) is 0 Å². The molecule has 0 aromatic carbocycles. The van der Waals surface area contributed by atoms with Crippen LogP contribution in [-0.4, -0.2) is 29.1 Å². The summed E-state index contributed by atoms with van der Waals surface area (Å²) < 4.78 is 3.42. The zero-order valence-corrected chi connectivity index (χ0v) is 14.8. The second-order valence-corrected chi connectivity index (χ2v) is 7.64. The molecule has 3 heteroatoms. The van der Waals surface area contributed by atoms with Crippen molar-refractivity contribution in [3.05, 3.63) is 28.5 Å². The van der Waals surface area contributed by atoms with Gasteiger partial charge in [-0.15, -0.1) is 0 Å². The quantitative estimate of drug-likeness (QED) is 0.516. The third-order valence-electron chi connectivity index (χ3n) is 5.38. The van der Waals surface area contributed by atoms with E-state index in [1.807, 2.05) is 0 Å². The molecule has 2 aliphatic rings. The van der Waals surface area contributed by atoms with E-state index in [1.54, 1.807) is 0 Å². The normalized spacial score (nSPS) is 24.2. The number of piperidine rings is 1. The molecule has 0 N–H and O–H groups in total. The van der Waals surface area contributed by atoms with Crippen LogP contribution in [0.15, 0.2) is 18.2 Å². The van der Waals surface area contributed by atoms with Gasteiger partial charge in [0.15, 0.2) is 0 Å². The predicted molar refractivity (Wildman–Crippen MR) is 95.9 cm³/mol. The summed E-state index contributed by atoms with van der Waals surface area (Å²) in [4.78, 5) is 2.72. The van der Waals surface area contributed by atoms with Crippen LogP contribution < -0.4 is 0 Å². The first kappa shape index (κ1) is 16.2. The van der Waals surface area contributed by atoms with Crippen molar-refractivity contribution in [1.29, 1.82) is 0 Å². The van der Waals surface area contributed by atoms with Crippen molar-refractivity contribution in [3.8, 4) is 0 Å². The van der Waals surface area contributed by atoms with E-state index < -0.39 is 0 Å². The molecule has 1 aromatic heterocycles. The minimum atomic E-state index is 0.704. The van der Waals surface area contributed by atoms with Gasteiger partial charge in [0, 0.05) is 31.2 Å². The zero-order valence-electron chi connectivity index (χ0n) is 14.0. The Balaban J connectivity index is 1.52. The smallest absolute Gasteiger partial charge is 0.106 e. The topological polar surface area (TPSA) is 8.17 Å². The van der Waals surface area contributed by atoms with E-state index in [0.29, 0.717) is 5.92 Å². The van der Waals surface area contributed by atoms with E-state index in [4.69, 9.17) is 12.2 Å². The summed E-state index contributed by atoms with van der Waals surface area (Å²) in [7, 11) is 0. The number of aromatic nitrogens is 1. The summed E-state index contributed by atoms with van der Waals surface area (Å²) in [6.45, 7) is 7.24. The van der Waals surface area contributed by atoms with Crippen molar-refractivity contribution >= 4 is 12.2 Å². The fourth-order valence-electron chi connectivity index (χ4n) is 4.29. The van der Waals surface area contributed by atoms with Gasteiger partial charge in [0.05, 0.1) is 0 Å². The van der Waals surface area contributed by atoms with E-state index >= 15 is 0 Å². The second kappa shape index (κ2) is 7.74. The Morgan fingerprint density at radius 2 is 1.86 bits per heavy atom. The maximum atomic E-state index is 5.52. The van der Waals surface area contributed by atoms with E-state index in [0.717, 1.165) is 17.1 Å². The van der Waals surface area contributed by atoms with Crippen molar-refractivity contribution in [3.63, 3.8) is 0 Å². The maximum absolute atomic E-state index is 5.52. The molecule has 2 aliphatic heterocycles. The van der Waals surface area contributed by atoms with Gasteiger partial charge in [0.25, 0.3) is 0 Å². The van der Waals surface area contributed by atoms with Crippen molar-refractivity contribution in [2.75, 3.05) is 19.6 Å². The van der Waals surface area contributed by atoms with Crippen LogP contribution in [0.2, 0.25) is 0 Å². The molecular weight excluding hydrogens is 288 g/mol. The molecule has 0 radical (unpaired) electrons. The van der Waals surface area contributed by atoms with Gasteiger partial charge in [0.1, 0.15) is 4.64 Å². The average Bonchev–Trinajstić information content (AvgIpc) is 2.52. The molecule has 0 aliphatic carbocycles. The third kappa shape index (κ3) is 3.80. The molecule has 3 heterocycles. The van der Waals surface area contributed by atoms with E-state index in [-0.39, 0.29) is 0 Å². The predicted octanol–water partition coefficient (Wildman–Crippen LogP) is 5.00. The summed E-state index contributed by atoms with van der Waals surface area (Å²) in [5, 5.41) is 0. The lowest BCUT2D eigenvalue weighted by Crippen LogP contribution is -2.45. The lowest BCUT2D eigenvalue weighted by atomic mass is 9.83. The highest BCUT2D eigenvalue weighted by molar-refractivity contribution is 7.71. The molecule has 1 aromatic rings. The van der Waals surface area contributed by atoms with Gasteiger partial charge in [-0.2, -0.15) is 0 Å². The number of hydrogen-bond acceptors (Lipinski definition) is 2. The number of unbranched alkanes of at least 4 members (excludes halogenated alkanes) is 5. The summed E-state index contributed by atoms with van der Waals surface area (Å²) in [6.07, 6.45) is 9.76. The lowest BCUT2D eigenvalue weighted by Gasteiger charge is -2.43. The van der Waals surface area contributed by atoms with Gasteiger partial charge in [-0.25, -0.2) is 0 Å². The first-order valence-electron chi connectivity index (χ1n) is 9.20. The Morgan fingerprint density at radius 3 is 2.73 bits per heavy atom. The highest BCUT2D eigenvalue weighted by Gasteiger charge is 2.33. The molecule has 22 heavy (non-hydrogen) atoms. The highest BCUT2D eigenvalue weighted by Crippen LogP contribution is 2.36.